The van der Waals surface area contributed by atoms with E-state index in [9.17, 15) is 4.79 Å². The van der Waals surface area contributed by atoms with Crippen LogP contribution in [0.3, 0.4) is 0 Å². The molecule has 0 saturated carbocycles. The third-order valence-electron chi connectivity index (χ3n) is 4.24. The first kappa shape index (κ1) is 18.4. The molecule has 3 rings (SSSR count). The van der Waals surface area contributed by atoms with E-state index >= 15 is 0 Å². The molecule has 0 amide bonds. The van der Waals surface area contributed by atoms with Gasteiger partial charge in [-0.25, -0.2) is 0 Å². The van der Waals surface area contributed by atoms with Gasteiger partial charge in [-0.2, -0.15) is 0 Å². The molecular formula is C25H22O2. The average molecular weight is 354 g/mol. The van der Waals surface area contributed by atoms with Gasteiger partial charge in [-0.05, 0) is 34.9 Å². The monoisotopic (exact) mass is 354 g/mol. The van der Waals surface area contributed by atoms with Crippen molar-refractivity contribution in [1.29, 1.82) is 0 Å². The van der Waals surface area contributed by atoms with Crippen molar-refractivity contribution in [1.82, 2.24) is 0 Å². The van der Waals surface area contributed by atoms with Crippen LogP contribution >= 0.6 is 0 Å². The minimum atomic E-state index is -0.00148. The van der Waals surface area contributed by atoms with Crippen molar-refractivity contribution >= 4 is 17.9 Å². The summed E-state index contributed by atoms with van der Waals surface area (Å²) in [5.41, 5.74) is 4.01. The molecule has 27 heavy (non-hydrogen) atoms. The van der Waals surface area contributed by atoms with Crippen LogP contribution in [0.4, 0.5) is 0 Å². The number of hydrogen-bond acceptors (Lipinski definition) is 2. The van der Waals surface area contributed by atoms with E-state index in [0.29, 0.717) is 12.2 Å². The van der Waals surface area contributed by atoms with E-state index in [1.165, 1.54) is 5.56 Å². The van der Waals surface area contributed by atoms with Gasteiger partial charge in [0.1, 0.15) is 5.75 Å². The number of ether oxygens (including phenoxy) is 1. The molecular weight excluding hydrogens is 332 g/mol. The van der Waals surface area contributed by atoms with E-state index in [-0.39, 0.29) is 5.78 Å². The van der Waals surface area contributed by atoms with Gasteiger partial charge in [-0.3, -0.25) is 4.79 Å². The number of benzene rings is 3. The summed E-state index contributed by atoms with van der Waals surface area (Å²) in [4.78, 5) is 12.1. The minimum absolute atomic E-state index is 0.00148. The predicted molar refractivity (Wildman–Crippen MR) is 112 cm³/mol. The lowest BCUT2D eigenvalue weighted by Gasteiger charge is -2.07. The van der Waals surface area contributed by atoms with E-state index in [1.54, 1.807) is 6.08 Å². The first-order valence-electron chi connectivity index (χ1n) is 8.96. The second kappa shape index (κ2) is 9.35. The molecule has 2 nitrogen and oxygen atoms in total. The maximum atomic E-state index is 12.1. The highest BCUT2D eigenvalue weighted by Gasteiger charge is 2.00. The first-order chi connectivity index (χ1) is 13.2. The standard InChI is InChI=1S/C25H22O2/c1-2-20-8-10-22(11-9-20)18-19-27-24-15-12-21(13-16-24)14-17-25(26)23-6-4-3-5-7-23/h2-17H,1,18-19H2. The minimum Gasteiger partial charge on any atom is -0.493 e. The summed E-state index contributed by atoms with van der Waals surface area (Å²) >= 11 is 0. The molecule has 0 radical (unpaired) electrons. The van der Waals surface area contributed by atoms with E-state index < -0.39 is 0 Å². The third-order valence-corrected chi connectivity index (χ3v) is 4.24. The van der Waals surface area contributed by atoms with Crippen LogP contribution in [-0.2, 0) is 6.42 Å². The maximum Gasteiger partial charge on any atom is 0.185 e. The summed E-state index contributed by atoms with van der Waals surface area (Å²) in [5.74, 6) is 0.822. The highest BCUT2D eigenvalue weighted by atomic mass is 16.5. The summed E-state index contributed by atoms with van der Waals surface area (Å²) in [5, 5.41) is 0. The van der Waals surface area contributed by atoms with Crippen LogP contribution in [0.25, 0.3) is 12.2 Å². The summed E-state index contributed by atoms with van der Waals surface area (Å²) < 4.78 is 5.81. The second-order valence-electron chi connectivity index (χ2n) is 6.18. The molecule has 0 atom stereocenters. The fourth-order valence-corrected chi connectivity index (χ4v) is 2.65. The van der Waals surface area contributed by atoms with Crippen molar-refractivity contribution in [2.24, 2.45) is 0 Å². The van der Waals surface area contributed by atoms with Gasteiger partial charge in [-0.1, -0.05) is 85.5 Å². The Kier molecular flexibility index (Phi) is 6.37. The Morgan fingerprint density at radius 3 is 2.19 bits per heavy atom. The Bertz CT molecular complexity index is 905. The van der Waals surface area contributed by atoms with Crippen LogP contribution in [0.5, 0.6) is 5.75 Å². The zero-order valence-electron chi connectivity index (χ0n) is 15.2. The Balaban J connectivity index is 1.50. The average Bonchev–Trinajstić information content (AvgIpc) is 2.74. The fourth-order valence-electron chi connectivity index (χ4n) is 2.65. The molecule has 0 aliphatic heterocycles. The molecule has 0 unspecified atom stereocenters. The topological polar surface area (TPSA) is 26.3 Å². The van der Waals surface area contributed by atoms with Crippen LogP contribution < -0.4 is 4.74 Å². The van der Waals surface area contributed by atoms with Gasteiger partial charge < -0.3 is 4.74 Å². The smallest absolute Gasteiger partial charge is 0.185 e. The van der Waals surface area contributed by atoms with Gasteiger partial charge in [0.25, 0.3) is 0 Å². The molecule has 0 aromatic heterocycles. The molecule has 0 aliphatic carbocycles. The molecule has 0 N–H and O–H groups in total. The Labute approximate surface area is 160 Å². The summed E-state index contributed by atoms with van der Waals surface area (Å²) in [6.07, 6.45) is 6.10. The van der Waals surface area contributed by atoms with Gasteiger partial charge >= 0.3 is 0 Å². The summed E-state index contributed by atoms with van der Waals surface area (Å²) in [6, 6.07) is 25.3. The number of carbonyl (C=O) groups excluding carboxylic acids is 1. The van der Waals surface area contributed by atoms with E-state index in [0.717, 1.165) is 23.3 Å². The van der Waals surface area contributed by atoms with Crippen molar-refractivity contribution in [3.63, 3.8) is 0 Å². The molecule has 0 aliphatic rings. The van der Waals surface area contributed by atoms with Crippen LogP contribution in [0.2, 0.25) is 0 Å². The van der Waals surface area contributed by atoms with Crippen molar-refractivity contribution in [2.45, 2.75) is 6.42 Å². The molecule has 3 aromatic carbocycles. The van der Waals surface area contributed by atoms with Crippen LogP contribution in [0.15, 0.2) is 91.5 Å². The quantitative estimate of drug-likeness (QED) is 0.375. The third kappa shape index (κ3) is 5.55. The largest absolute Gasteiger partial charge is 0.493 e. The molecule has 0 heterocycles. The Morgan fingerprint density at radius 2 is 1.52 bits per heavy atom. The maximum absolute atomic E-state index is 12.1. The number of carbonyl (C=O) groups is 1. The van der Waals surface area contributed by atoms with Crippen molar-refractivity contribution < 1.29 is 9.53 Å². The highest BCUT2D eigenvalue weighted by Crippen LogP contribution is 2.15. The SMILES string of the molecule is C=Cc1ccc(CCOc2ccc(C=CC(=O)c3ccccc3)cc2)cc1. The van der Waals surface area contributed by atoms with Gasteiger partial charge in [0.15, 0.2) is 5.78 Å². The predicted octanol–water partition coefficient (Wildman–Crippen LogP) is 5.85. The van der Waals surface area contributed by atoms with Crippen molar-refractivity contribution in [3.8, 4) is 5.75 Å². The molecule has 0 spiro atoms. The lowest BCUT2D eigenvalue weighted by atomic mass is 10.1. The summed E-state index contributed by atoms with van der Waals surface area (Å²) in [6.45, 7) is 4.38. The number of ketones is 1. The number of allylic oxidation sites excluding steroid dienone is 1. The molecule has 3 aromatic rings. The second-order valence-corrected chi connectivity index (χ2v) is 6.18. The first-order valence-corrected chi connectivity index (χ1v) is 8.96. The number of hydrogen-bond donors (Lipinski definition) is 0. The molecule has 134 valence electrons. The zero-order valence-corrected chi connectivity index (χ0v) is 15.2. The van der Waals surface area contributed by atoms with Gasteiger partial charge in [0.2, 0.25) is 0 Å². The fraction of sp³-hybridized carbons (Fsp3) is 0.0800. The molecule has 0 saturated heterocycles. The Morgan fingerprint density at radius 1 is 0.852 bits per heavy atom. The molecule has 0 bridgehead atoms. The highest BCUT2D eigenvalue weighted by molar-refractivity contribution is 6.06. The molecule has 0 fully saturated rings. The summed E-state index contributed by atoms with van der Waals surface area (Å²) in [7, 11) is 0. The normalized spacial score (nSPS) is 10.7. The van der Waals surface area contributed by atoms with Gasteiger partial charge in [0.05, 0.1) is 6.61 Å². The van der Waals surface area contributed by atoms with Crippen molar-refractivity contribution in [2.75, 3.05) is 6.61 Å². The van der Waals surface area contributed by atoms with Crippen LogP contribution in [-0.4, -0.2) is 12.4 Å². The van der Waals surface area contributed by atoms with Crippen LogP contribution in [0.1, 0.15) is 27.0 Å². The van der Waals surface area contributed by atoms with Gasteiger partial charge in [-0.15, -0.1) is 0 Å². The number of rotatable bonds is 8. The Hall–Kier alpha value is -3.39. The lowest BCUT2D eigenvalue weighted by molar-refractivity contribution is 0.104. The zero-order chi connectivity index (χ0) is 18.9. The molecule has 2 heteroatoms. The van der Waals surface area contributed by atoms with Gasteiger partial charge in [0, 0.05) is 12.0 Å². The lowest BCUT2D eigenvalue weighted by Crippen LogP contribution is -2.01. The van der Waals surface area contributed by atoms with E-state index in [4.69, 9.17) is 4.74 Å². The van der Waals surface area contributed by atoms with E-state index in [2.05, 4.69) is 30.8 Å². The van der Waals surface area contributed by atoms with E-state index in [1.807, 2.05) is 66.7 Å². The van der Waals surface area contributed by atoms with Crippen LogP contribution in [0, 0.1) is 0 Å². The van der Waals surface area contributed by atoms with Crippen molar-refractivity contribution in [3.05, 3.63) is 114 Å².